The van der Waals surface area contributed by atoms with Crippen molar-refractivity contribution in [1.29, 1.82) is 0 Å². The van der Waals surface area contributed by atoms with E-state index in [0.717, 1.165) is 24.2 Å². The Hall–Kier alpha value is -2.94. The zero-order valence-electron chi connectivity index (χ0n) is 13.2. The minimum atomic E-state index is -3.80. The molecule has 128 valence electrons. The molecule has 8 nitrogen and oxygen atoms in total. The summed E-state index contributed by atoms with van der Waals surface area (Å²) in [4.78, 5) is 4.18. The molecule has 0 spiro atoms. The Morgan fingerprint density at radius 2 is 2.16 bits per heavy atom. The van der Waals surface area contributed by atoms with Crippen molar-refractivity contribution < 1.29 is 13.2 Å². The summed E-state index contributed by atoms with van der Waals surface area (Å²) < 4.78 is 35.0. The summed E-state index contributed by atoms with van der Waals surface area (Å²) in [6, 6.07) is 8.38. The highest BCUT2D eigenvalue weighted by molar-refractivity contribution is 7.92. The Morgan fingerprint density at radius 1 is 1.24 bits per heavy atom. The van der Waals surface area contributed by atoms with Gasteiger partial charge in [-0.2, -0.15) is 0 Å². The average Bonchev–Trinajstić information content (AvgIpc) is 3.09. The van der Waals surface area contributed by atoms with Crippen LogP contribution < -0.4 is 9.46 Å². The Balaban J connectivity index is 1.66. The largest absolute Gasteiger partial charge is 0.493 e. The van der Waals surface area contributed by atoms with Crippen molar-refractivity contribution in [2.45, 2.75) is 17.7 Å². The molecule has 9 heteroatoms. The van der Waals surface area contributed by atoms with Gasteiger partial charge in [-0.15, -0.1) is 10.2 Å². The first-order valence-electron chi connectivity index (χ1n) is 7.72. The topological polar surface area (TPSA) is 99.0 Å². The first-order valence-corrected chi connectivity index (χ1v) is 9.21. The minimum absolute atomic E-state index is 0.0990. The van der Waals surface area contributed by atoms with Crippen molar-refractivity contribution in [1.82, 2.24) is 19.7 Å². The molecular weight excluding hydrogens is 342 g/mol. The third-order valence-corrected chi connectivity index (χ3v) is 5.21. The smallest absolute Gasteiger partial charge is 0.264 e. The van der Waals surface area contributed by atoms with Gasteiger partial charge in [-0.1, -0.05) is 0 Å². The molecule has 1 aliphatic heterocycles. The molecule has 1 aliphatic rings. The predicted molar refractivity (Wildman–Crippen MR) is 90.2 cm³/mol. The van der Waals surface area contributed by atoms with Gasteiger partial charge in [0.2, 0.25) is 5.95 Å². The molecular formula is C16H15N5O3S. The maximum absolute atomic E-state index is 12.7. The molecule has 4 rings (SSSR count). The van der Waals surface area contributed by atoms with Crippen LogP contribution in [0.5, 0.6) is 5.75 Å². The summed E-state index contributed by atoms with van der Waals surface area (Å²) in [5.74, 6) is 0.839. The number of fused-ring (bicyclic) bond motifs is 1. The lowest BCUT2D eigenvalue weighted by molar-refractivity contribution is 0.288. The fourth-order valence-electron chi connectivity index (χ4n) is 2.67. The van der Waals surface area contributed by atoms with E-state index in [1.165, 1.54) is 17.0 Å². The molecule has 2 aromatic heterocycles. The highest BCUT2D eigenvalue weighted by Crippen LogP contribution is 2.28. The molecule has 0 unspecified atom stereocenters. The number of pyridine rings is 1. The van der Waals surface area contributed by atoms with Gasteiger partial charge in [-0.3, -0.25) is 9.55 Å². The molecule has 0 fully saturated rings. The van der Waals surface area contributed by atoms with Gasteiger partial charge in [-0.25, -0.2) is 13.1 Å². The SMILES string of the molecule is O=S(=O)(Nc1nncn1-c1cccnc1)c1ccc2c(c1)CCCO2. The van der Waals surface area contributed by atoms with E-state index in [4.69, 9.17) is 4.74 Å². The second-order valence-corrected chi connectivity index (χ2v) is 7.25. The zero-order valence-corrected chi connectivity index (χ0v) is 14.0. The Bertz CT molecular complexity index is 1000. The van der Waals surface area contributed by atoms with E-state index in [1.54, 1.807) is 36.7 Å². The Labute approximate surface area is 144 Å². The first-order chi connectivity index (χ1) is 12.1. The number of benzene rings is 1. The lowest BCUT2D eigenvalue weighted by Gasteiger charge is -2.18. The lowest BCUT2D eigenvalue weighted by Crippen LogP contribution is -2.17. The van der Waals surface area contributed by atoms with Crippen molar-refractivity contribution in [2.24, 2.45) is 0 Å². The Kier molecular flexibility index (Phi) is 3.85. The van der Waals surface area contributed by atoms with Crippen LogP contribution in [0.4, 0.5) is 5.95 Å². The van der Waals surface area contributed by atoms with Gasteiger partial charge in [0.25, 0.3) is 10.0 Å². The fraction of sp³-hybridized carbons (Fsp3) is 0.188. The highest BCUT2D eigenvalue weighted by atomic mass is 32.2. The van der Waals surface area contributed by atoms with Gasteiger partial charge in [0.1, 0.15) is 12.1 Å². The van der Waals surface area contributed by atoms with Crippen LogP contribution in [0.3, 0.4) is 0 Å². The third-order valence-electron chi connectivity index (χ3n) is 3.89. The molecule has 25 heavy (non-hydrogen) atoms. The molecule has 0 bridgehead atoms. The third kappa shape index (κ3) is 3.05. The summed E-state index contributed by atoms with van der Waals surface area (Å²) in [6.45, 7) is 0.658. The lowest BCUT2D eigenvalue weighted by atomic mass is 10.1. The van der Waals surface area contributed by atoms with Crippen LogP contribution in [0, 0.1) is 0 Å². The molecule has 1 aromatic carbocycles. The fourth-order valence-corrected chi connectivity index (χ4v) is 3.71. The number of hydrogen-bond donors (Lipinski definition) is 1. The van der Waals surface area contributed by atoms with Crippen LogP contribution in [0.25, 0.3) is 5.69 Å². The summed E-state index contributed by atoms with van der Waals surface area (Å²) in [7, 11) is -3.80. The summed E-state index contributed by atoms with van der Waals surface area (Å²) in [6.07, 6.45) is 6.32. The van der Waals surface area contributed by atoms with Crippen LogP contribution in [0.2, 0.25) is 0 Å². The number of aryl methyl sites for hydroxylation is 1. The van der Waals surface area contributed by atoms with E-state index >= 15 is 0 Å². The van der Waals surface area contributed by atoms with Crippen LogP contribution in [-0.4, -0.2) is 34.8 Å². The zero-order chi connectivity index (χ0) is 17.3. The predicted octanol–water partition coefficient (Wildman–Crippen LogP) is 1.79. The minimum Gasteiger partial charge on any atom is -0.493 e. The number of nitrogens with one attached hydrogen (secondary N) is 1. The Morgan fingerprint density at radius 3 is 3.00 bits per heavy atom. The van der Waals surface area contributed by atoms with Gasteiger partial charge in [-0.05, 0) is 48.7 Å². The number of hydrogen-bond acceptors (Lipinski definition) is 6. The molecule has 3 heterocycles. The highest BCUT2D eigenvalue weighted by Gasteiger charge is 2.21. The quantitative estimate of drug-likeness (QED) is 0.764. The summed E-state index contributed by atoms with van der Waals surface area (Å²) in [5.41, 5.74) is 1.55. The number of ether oxygens (including phenoxy) is 1. The second kappa shape index (κ2) is 6.17. The van der Waals surface area contributed by atoms with Crippen molar-refractivity contribution >= 4 is 16.0 Å². The number of nitrogens with zero attached hydrogens (tertiary/aromatic N) is 4. The monoisotopic (exact) mass is 357 g/mol. The van der Waals surface area contributed by atoms with Gasteiger partial charge < -0.3 is 4.74 Å². The molecule has 0 atom stereocenters. The number of sulfonamides is 1. The molecule has 0 aliphatic carbocycles. The van der Waals surface area contributed by atoms with E-state index in [9.17, 15) is 8.42 Å². The van der Waals surface area contributed by atoms with Crippen molar-refractivity contribution in [3.63, 3.8) is 0 Å². The normalized spacial score (nSPS) is 13.8. The van der Waals surface area contributed by atoms with Crippen molar-refractivity contribution in [3.05, 3.63) is 54.6 Å². The second-order valence-electron chi connectivity index (χ2n) is 5.56. The standard InChI is InChI=1S/C16H15N5O3S/c22-25(23,14-5-6-15-12(9-14)3-2-8-24-15)20-16-19-18-11-21(16)13-4-1-7-17-10-13/h1,4-7,9-11H,2-3,8H2,(H,19,20). The molecule has 0 saturated carbocycles. The molecule has 1 N–H and O–H groups in total. The van der Waals surface area contributed by atoms with E-state index in [1.807, 2.05) is 0 Å². The number of aromatic nitrogens is 4. The van der Waals surface area contributed by atoms with E-state index in [0.29, 0.717) is 12.3 Å². The van der Waals surface area contributed by atoms with Crippen molar-refractivity contribution in [2.75, 3.05) is 11.3 Å². The number of anilines is 1. The van der Waals surface area contributed by atoms with Crippen LogP contribution in [-0.2, 0) is 16.4 Å². The summed E-state index contributed by atoms with van der Waals surface area (Å²) in [5, 5.41) is 7.65. The van der Waals surface area contributed by atoms with Crippen LogP contribution in [0.15, 0.2) is 53.9 Å². The molecule has 3 aromatic rings. The molecule has 0 amide bonds. The number of rotatable bonds is 4. The maximum atomic E-state index is 12.7. The summed E-state index contributed by atoms with van der Waals surface area (Å²) >= 11 is 0. The molecule has 0 saturated heterocycles. The van der Waals surface area contributed by atoms with E-state index < -0.39 is 10.0 Å². The maximum Gasteiger partial charge on any atom is 0.264 e. The van der Waals surface area contributed by atoms with Gasteiger partial charge >= 0.3 is 0 Å². The van der Waals surface area contributed by atoms with Gasteiger partial charge in [0.05, 0.1) is 23.4 Å². The van der Waals surface area contributed by atoms with Crippen LogP contribution in [0.1, 0.15) is 12.0 Å². The van der Waals surface area contributed by atoms with E-state index in [2.05, 4.69) is 19.9 Å². The van der Waals surface area contributed by atoms with Crippen LogP contribution >= 0.6 is 0 Å². The van der Waals surface area contributed by atoms with Crippen molar-refractivity contribution in [3.8, 4) is 11.4 Å². The molecule has 0 radical (unpaired) electrons. The first kappa shape index (κ1) is 15.6. The average molecular weight is 357 g/mol. The van der Waals surface area contributed by atoms with Gasteiger partial charge in [0, 0.05) is 6.20 Å². The van der Waals surface area contributed by atoms with E-state index in [-0.39, 0.29) is 10.8 Å². The van der Waals surface area contributed by atoms with Gasteiger partial charge in [0.15, 0.2) is 0 Å².